The fraction of sp³-hybridized carbons (Fsp3) is 0.357. The Kier molecular flexibility index (Phi) is 3.38. The zero-order valence-corrected chi connectivity index (χ0v) is 11.4. The molecule has 3 rings (SSSR count). The number of hydrogen-bond acceptors (Lipinski definition) is 3. The van der Waals surface area contributed by atoms with Crippen LogP contribution >= 0.6 is 0 Å². The van der Waals surface area contributed by atoms with Crippen molar-refractivity contribution in [3.05, 3.63) is 47.8 Å². The highest BCUT2D eigenvalue weighted by atomic mass is 19.4. The predicted octanol–water partition coefficient (Wildman–Crippen LogP) is 2.29. The SMILES string of the molecule is O=C(NCC1(c2ccncc2)CC1)c1nc[nH]c1C(F)(F)F. The van der Waals surface area contributed by atoms with Gasteiger partial charge in [-0.05, 0) is 30.5 Å². The third-order valence-corrected chi connectivity index (χ3v) is 3.87. The van der Waals surface area contributed by atoms with Crippen LogP contribution in [0.5, 0.6) is 0 Å². The van der Waals surface area contributed by atoms with Crippen molar-refractivity contribution in [2.24, 2.45) is 0 Å². The molecule has 2 aromatic heterocycles. The molecule has 0 spiro atoms. The van der Waals surface area contributed by atoms with Gasteiger partial charge in [0.25, 0.3) is 5.91 Å². The summed E-state index contributed by atoms with van der Waals surface area (Å²) in [5.74, 6) is -0.825. The number of carbonyl (C=O) groups excluding carboxylic acids is 1. The molecule has 1 aliphatic rings. The van der Waals surface area contributed by atoms with Gasteiger partial charge >= 0.3 is 6.18 Å². The molecule has 1 aliphatic carbocycles. The zero-order chi connectivity index (χ0) is 15.8. The summed E-state index contributed by atoms with van der Waals surface area (Å²) in [4.78, 5) is 21.4. The Morgan fingerprint density at radius 1 is 1.32 bits per heavy atom. The quantitative estimate of drug-likeness (QED) is 0.910. The van der Waals surface area contributed by atoms with E-state index < -0.39 is 23.5 Å². The highest BCUT2D eigenvalue weighted by molar-refractivity contribution is 5.93. The third-order valence-electron chi connectivity index (χ3n) is 3.87. The van der Waals surface area contributed by atoms with E-state index in [2.05, 4.69) is 15.3 Å². The highest BCUT2D eigenvalue weighted by Gasteiger charge is 2.45. The lowest BCUT2D eigenvalue weighted by atomic mass is 9.97. The van der Waals surface area contributed by atoms with Crippen LogP contribution in [0.15, 0.2) is 30.9 Å². The molecule has 5 nitrogen and oxygen atoms in total. The minimum Gasteiger partial charge on any atom is -0.350 e. The summed E-state index contributed by atoms with van der Waals surface area (Å²) < 4.78 is 38.2. The van der Waals surface area contributed by atoms with Crippen LogP contribution in [-0.2, 0) is 11.6 Å². The first kappa shape index (κ1) is 14.6. The monoisotopic (exact) mass is 310 g/mol. The number of alkyl halides is 3. The van der Waals surface area contributed by atoms with Gasteiger partial charge in [-0.2, -0.15) is 13.2 Å². The Bertz CT molecular complexity index is 677. The minimum absolute atomic E-state index is 0.201. The van der Waals surface area contributed by atoms with E-state index in [1.165, 1.54) is 0 Å². The normalized spacial score (nSPS) is 16.3. The van der Waals surface area contributed by atoms with Crippen LogP contribution in [0.1, 0.15) is 34.6 Å². The van der Waals surface area contributed by atoms with Gasteiger partial charge in [-0.3, -0.25) is 9.78 Å². The maximum absolute atomic E-state index is 12.7. The lowest BCUT2D eigenvalue weighted by molar-refractivity contribution is -0.141. The number of nitrogens with zero attached hydrogens (tertiary/aromatic N) is 2. The van der Waals surface area contributed by atoms with E-state index in [0.717, 1.165) is 24.7 Å². The number of halogens is 3. The maximum atomic E-state index is 12.7. The summed E-state index contributed by atoms with van der Waals surface area (Å²) in [7, 11) is 0. The Labute approximate surface area is 124 Å². The number of carbonyl (C=O) groups is 1. The van der Waals surface area contributed by atoms with Gasteiger partial charge in [0.15, 0.2) is 11.4 Å². The van der Waals surface area contributed by atoms with Crippen molar-refractivity contribution < 1.29 is 18.0 Å². The summed E-state index contributed by atoms with van der Waals surface area (Å²) in [6.45, 7) is 0.278. The van der Waals surface area contributed by atoms with E-state index in [1.807, 2.05) is 17.1 Å². The molecule has 2 aromatic rings. The van der Waals surface area contributed by atoms with Crippen molar-refractivity contribution in [3.8, 4) is 0 Å². The fourth-order valence-electron chi connectivity index (χ4n) is 2.44. The second kappa shape index (κ2) is 5.11. The van der Waals surface area contributed by atoms with Crippen molar-refractivity contribution in [2.75, 3.05) is 6.54 Å². The van der Waals surface area contributed by atoms with Gasteiger partial charge in [-0.15, -0.1) is 0 Å². The molecule has 22 heavy (non-hydrogen) atoms. The van der Waals surface area contributed by atoms with Crippen LogP contribution in [0.3, 0.4) is 0 Å². The van der Waals surface area contributed by atoms with Crippen molar-refractivity contribution in [3.63, 3.8) is 0 Å². The maximum Gasteiger partial charge on any atom is 0.433 e. The molecule has 0 aliphatic heterocycles. The molecule has 1 amide bonds. The Balaban J connectivity index is 1.70. The number of nitrogens with one attached hydrogen (secondary N) is 2. The van der Waals surface area contributed by atoms with Crippen LogP contribution in [-0.4, -0.2) is 27.4 Å². The summed E-state index contributed by atoms with van der Waals surface area (Å²) in [5.41, 5.74) is -0.925. The molecule has 0 bridgehead atoms. The molecule has 8 heteroatoms. The number of aromatic amines is 1. The summed E-state index contributed by atoms with van der Waals surface area (Å²) in [6.07, 6.45) is 1.31. The second-order valence-electron chi connectivity index (χ2n) is 5.32. The van der Waals surface area contributed by atoms with Gasteiger partial charge in [0.2, 0.25) is 0 Å². The molecule has 2 heterocycles. The molecule has 1 fully saturated rings. The second-order valence-corrected chi connectivity index (χ2v) is 5.32. The number of rotatable bonds is 4. The zero-order valence-electron chi connectivity index (χ0n) is 11.4. The number of aromatic nitrogens is 3. The van der Waals surface area contributed by atoms with E-state index in [1.54, 1.807) is 12.4 Å². The standard InChI is InChI=1S/C14H13F3N4O/c15-14(16,17)11-10(20-8-21-11)12(22)19-7-13(3-4-13)9-1-5-18-6-2-9/h1-2,5-6,8H,3-4,7H2,(H,19,22)(H,20,21). The highest BCUT2D eigenvalue weighted by Crippen LogP contribution is 2.47. The first-order chi connectivity index (χ1) is 10.4. The lowest BCUT2D eigenvalue weighted by Crippen LogP contribution is -2.33. The topological polar surface area (TPSA) is 70.7 Å². The minimum atomic E-state index is -4.63. The molecule has 0 saturated heterocycles. The van der Waals surface area contributed by atoms with Crippen molar-refractivity contribution in [2.45, 2.75) is 24.4 Å². The van der Waals surface area contributed by atoms with E-state index in [0.29, 0.717) is 0 Å². The lowest BCUT2D eigenvalue weighted by Gasteiger charge is -2.16. The number of H-pyrrole nitrogens is 1. The molecule has 1 saturated carbocycles. The fourth-order valence-corrected chi connectivity index (χ4v) is 2.44. The van der Waals surface area contributed by atoms with Crippen molar-refractivity contribution in [1.29, 1.82) is 0 Å². The summed E-state index contributed by atoms with van der Waals surface area (Å²) in [5, 5.41) is 2.56. The van der Waals surface area contributed by atoms with Crippen molar-refractivity contribution >= 4 is 5.91 Å². The predicted molar refractivity (Wildman–Crippen MR) is 71.1 cm³/mol. The smallest absolute Gasteiger partial charge is 0.350 e. The molecule has 2 N–H and O–H groups in total. The summed E-state index contributed by atoms with van der Waals surface area (Å²) >= 11 is 0. The molecular weight excluding hydrogens is 297 g/mol. The van der Waals surface area contributed by atoms with Crippen LogP contribution in [0.2, 0.25) is 0 Å². The Hall–Kier alpha value is -2.38. The molecule has 0 unspecified atom stereocenters. The van der Waals surface area contributed by atoms with Gasteiger partial charge in [-0.1, -0.05) is 0 Å². The van der Waals surface area contributed by atoms with Crippen LogP contribution in [0.4, 0.5) is 13.2 Å². The van der Waals surface area contributed by atoms with Gasteiger partial charge < -0.3 is 10.3 Å². The number of amides is 1. The van der Waals surface area contributed by atoms with E-state index >= 15 is 0 Å². The Morgan fingerprint density at radius 3 is 2.59 bits per heavy atom. The average molecular weight is 310 g/mol. The molecule has 116 valence electrons. The number of hydrogen-bond donors (Lipinski definition) is 2. The molecule has 0 radical (unpaired) electrons. The summed E-state index contributed by atoms with van der Waals surface area (Å²) in [6, 6.07) is 3.71. The number of pyridine rings is 1. The molecule has 0 atom stereocenters. The van der Waals surface area contributed by atoms with Gasteiger partial charge in [0.05, 0.1) is 6.33 Å². The van der Waals surface area contributed by atoms with E-state index in [4.69, 9.17) is 0 Å². The average Bonchev–Trinajstić information content (AvgIpc) is 3.10. The van der Waals surface area contributed by atoms with E-state index in [-0.39, 0.29) is 12.0 Å². The third kappa shape index (κ3) is 2.68. The van der Waals surface area contributed by atoms with E-state index in [9.17, 15) is 18.0 Å². The van der Waals surface area contributed by atoms with Crippen LogP contribution in [0, 0.1) is 0 Å². The molecule has 0 aromatic carbocycles. The first-order valence-corrected chi connectivity index (χ1v) is 6.72. The molecular formula is C14H13F3N4O. The van der Waals surface area contributed by atoms with Crippen LogP contribution < -0.4 is 5.32 Å². The van der Waals surface area contributed by atoms with Gasteiger partial charge in [0.1, 0.15) is 0 Å². The largest absolute Gasteiger partial charge is 0.433 e. The Morgan fingerprint density at radius 2 is 2.00 bits per heavy atom. The first-order valence-electron chi connectivity index (χ1n) is 6.72. The van der Waals surface area contributed by atoms with Crippen molar-refractivity contribution in [1.82, 2.24) is 20.3 Å². The number of imidazole rings is 1. The van der Waals surface area contributed by atoms with Crippen LogP contribution in [0.25, 0.3) is 0 Å². The van der Waals surface area contributed by atoms with Gasteiger partial charge in [-0.25, -0.2) is 4.98 Å². The van der Waals surface area contributed by atoms with Gasteiger partial charge in [0, 0.05) is 24.4 Å².